The van der Waals surface area contributed by atoms with Crippen LogP contribution in [0.15, 0.2) is 23.8 Å². The van der Waals surface area contributed by atoms with E-state index >= 15 is 0 Å². The van der Waals surface area contributed by atoms with Gasteiger partial charge in [-0.05, 0) is 5.56 Å². The Morgan fingerprint density at radius 3 is 3.00 bits per heavy atom. The summed E-state index contributed by atoms with van der Waals surface area (Å²) in [6.07, 6.45) is 1.77. The smallest absolute Gasteiger partial charge is 0.212 e. The maximum Gasteiger partial charge on any atom is 0.212 e. The normalized spacial score (nSPS) is 9.93. The average molecular weight is 222 g/mol. The molecule has 0 spiro atoms. The quantitative estimate of drug-likeness (QED) is 0.850. The predicted octanol–water partition coefficient (Wildman–Crippen LogP) is 1.55. The maximum atomic E-state index is 4.97. The van der Waals surface area contributed by atoms with Gasteiger partial charge in [-0.3, -0.25) is 0 Å². The van der Waals surface area contributed by atoms with Gasteiger partial charge in [-0.1, -0.05) is 17.4 Å². The lowest BCUT2D eigenvalue weighted by Crippen LogP contribution is -1.99. The summed E-state index contributed by atoms with van der Waals surface area (Å²) < 4.78 is 4.97. The molecule has 1 N–H and O–H groups in total. The van der Waals surface area contributed by atoms with Crippen molar-refractivity contribution in [3.63, 3.8) is 0 Å². The van der Waals surface area contributed by atoms with Crippen LogP contribution in [-0.4, -0.2) is 22.3 Å². The number of nitrogens with zero attached hydrogens (tertiary/aromatic N) is 3. The molecule has 15 heavy (non-hydrogen) atoms. The summed E-state index contributed by atoms with van der Waals surface area (Å²) in [5.41, 5.74) is 2.76. The molecule has 0 bridgehead atoms. The highest BCUT2D eigenvalue weighted by Crippen LogP contribution is 2.11. The number of ether oxygens (including phenoxy) is 1. The van der Waals surface area contributed by atoms with Gasteiger partial charge in [-0.2, -0.15) is 0 Å². The first-order chi connectivity index (χ1) is 7.38. The molecule has 2 aromatic rings. The molecule has 0 aliphatic rings. The second kappa shape index (κ2) is 4.70. The number of hydrogen-bond donors (Lipinski definition) is 1. The Hall–Kier alpha value is -1.69. The van der Waals surface area contributed by atoms with Crippen molar-refractivity contribution in [2.24, 2.45) is 0 Å². The Bertz CT molecular complexity index is 401. The topological polar surface area (TPSA) is 59.9 Å². The molecular formula is C9H10N4OS. The second-order valence-electron chi connectivity index (χ2n) is 2.81. The van der Waals surface area contributed by atoms with Crippen molar-refractivity contribution < 1.29 is 4.74 Å². The lowest BCUT2D eigenvalue weighted by molar-refractivity contribution is 0.397. The molecular weight excluding hydrogens is 212 g/mol. The SMILES string of the molecule is COc1ccc(CNc2nncs2)cn1. The van der Waals surface area contributed by atoms with Gasteiger partial charge in [0.15, 0.2) is 0 Å². The van der Waals surface area contributed by atoms with Crippen molar-refractivity contribution in [3.05, 3.63) is 29.4 Å². The van der Waals surface area contributed by atoms with Gasteiger partial charge in [0.25, 0.3) is 0 Å². The molecule has 0 aliphatic heterocycles. The summed E-state index contributed by atoms with van der Waals surface area (Å²) in [4.78, 5) is 4.10. The molecule has 0 unspecified atom stereocenters. The van der Waals surface area contributed by atoms with Crippen LogP contribution >= 0.6 is 11.3 Å². The Morgan fingerprint density at radius 1 is 1.47 bits per heavy atom. The van der Waals surface area contributed by atoms with E-state index in [-0.39, 0.29) is 0 Å². The van der Waals surface area contributed by atoms with Crippen LogP contribution in [0.5, 0.6) is 5.88 Å². The fourth-order valence-corrected chi connectivity index (χ4v) is 1.51. The zero-order valence-electron chi connectivity index (χ0n) is 8.17. The Balaban J connectivity index is 1.93. The summed E-state index contributed by atoms with van der Waals surface area (Å²) in [7, 11) is 1.60. The molecule has 0 atom stereocenters. The van der Waals surface area contributed by atoms with E-state index in [0.29, 0.717) is 12.4 Å². The van der Waals surface area contributed by atoms with E-state index in [4.69, 9.17) is 4.74 Å². The number of rotatable bonds is 4. The Kier molecular flexibility index (Phi) is 3.08. The summed E-state index contributed by atoms with van der Waals surface area (Å²) in [6, 6.07) is 3.79. The zero-order valence-corrected chi connectivity index (χ0v) is 8.99. The minimum atomic E-state index is 0.620. The van der Waals surface area contributed by atoms with Gasteiger partial charge < -0.3 is 10.1 Å². The first-order valence-corrected chi connectivity index (χ1v) is 5.25. The molecule has 0 amide bonds. The second-order valence-corrected chi connectivity index (χ2v) is 3.64. The van der Waals surface area contributed by atoms with Crippen LogP contribution in [0.2, 0.25) is 0 Å². The van der Waals surface area contributed by atoms with E-state index < -0.39 is 0 Å². The third kappa shape index (κ3) is 2.63. The summed E-state index contributed by atoms with van der Waals surface area (Å²) >= 11 is 1.47. The average Bonchev–Trinajstić information content (AvgIpc) is 2.80. The summed E-state index contributed by atoms with van der Waals surface area (Å²) in [6.45, 7) is 0.687. The summed E-state index contributed by atoms with van der Waals surface area (Å²) in [5.74, 6) is 0.620. The minimum Gasteiger partial charge on any atom is -0.481 e. The van der Waals surface area contributed by atoms with Gasteiger partial charge in [-0.15, -0.1) is 10.2 Å². The molecule has 0 saturated heterocycles. The van der Waals surface area contributed by atoms with Crippen LogP contribution < -0.4 is 10.1 Å². The van der Waals surface area contributed by atoms with Crippen LogP contribution in [-0.2, 0) is 6.54 Å². The molecule has 2 rings (SSSR count). The molecule has 6 heteroatoms. The Labute approximate surface area is 91.1 Å². The summed E-state index contributed by atoms with van der Waals surface area (Å²) in [5, 5.41) is 11.6. The lowest BCUT2D eigenvalue weighted by atomic mass is 10.3. The largest absolute Gasteiger partial charge is 0.481 e. The first kappa shape index (κ1) is 9.85. The first-order valence-electron chi connectivity index (χ1n) is 4.37. The molecule has 0 saturated carbocycles. The van der Waals surface area contributed by atoms with Crippen molar-refractivity contribution in [1.82, 2.24) is 15.2 Å². The highest BCUT2D eigenvalue weighted by Gasteiger charge is 1.97. The van der Waals surface area contributed by atoms with Crippen LogP contribution in [0, 0.1) is 0 Å². The highest BCUT2D eigenvalue weighted by molar-refractivity contribution is 7.13. The van der Waals surface area contributed by atoms with E-state index in [1.165, 1.54) is 11.3 Å². The fourth-order valence-electron chi connectivity index (χ4n) is 1.06. The molecule has 0 fully saturated rings. The molecule has 5 nitrogen and oxygen atoms in total. The number of methoxy groups -OCH3 is 1. The van der Waals surface area contributed by atoms with Crippen molar-refractivity contribution in [2.75, 3.05) is 12.4 Å². The number of pyridine rings is 1. The van der Waals surface area contributed by atoms with Crippen molar-refractivity contribution in [3.8, 4) is 5.88 Å². The van der Waals surface area contributed by atoms with Gasteiger partial charge in [0.05, 0.1) is 7.11 Å². The van der Waals surface area contributed by atoms with Crippen LogP contribution in [0.25, 0.3) is 0 Å². The number of anilines is 1. The highest BCUT2D eigenvalue weighted by atomic mass is 32.1. The van der Waals surface area contributed by atoms with Crippen LogP contribution in [0.1, 0.15) is 5.56 Å². The third-order valence-corrected chi connectivity index (χ3v) is 2.46. The minimum absolute atomic E-state index is 0.620. The maximum absolute atomic E-state index is 4.97. The monoisotopic (exact) mass is 222 g/mol. The van der Waals surface area contributed by atoms with E-state index in [9.17, 15) is 0 Å². The van der Waals surface area contributed by atoms with Gasteiger partial charge in [0.1, 0.15) is 5.51 Å². The van der Waals surface area contributed by atoms with Gasteiger partial charge in [-0.25, -0.2) is 4.98 Å². The zero-order chi connectivity index (χ0) is 10.5. The molecule has 78 valence electrons. The van der Waals surface area contributed by atoms with E-state index in [1.54, 1.807) is 18.8 Å². The van der Waals surface area contributed by atoms with Crippen LogP contribution in [0.4, 0.5) is 5.13 Å². The van der Waals surface area contributed by atoms with E-state index in [0.717, 1.165) is 10.7 Å². The number of aromatic nitrogens is 3. The molecule has 0 radical (unpaired) electrons. The van der Waals surface area contributed by atoms with Gasteiger partial charge in [0, 0.05) is 18.8 Å². The molecule has 2 aromatic heterocycles. The van der Waals surface area contributed by atoms with Crippen molar-refractivity contribution in [2.45, 2.75) is 6.54 Å². The van der Waals surface area contributed by atoms with E-state index in [2.05, 4.69) is 20.5 Å². The third-order valence-electron chi connectivity index (χ3n) is 1.81. The van der Waals surface area contributed by atoms with Gasteiger partial charge in [0.2, 0.25) is 11.0 Å². The Morgan fingerprint density at radius 2 is 2.40 bits per heavy atom. The number of nitrogens with one attached hydrogen (secondary N) is 1. The molecule has 0 aromatic carbocycles. The molecule has 0 aliphatic carbocycles. The number of hydrogen-bond acceptors (Lipinski definition) is 6. The molecule has 2 heterocycles. The predicted molar refractivity (Wildman–Crippen MR) is 58.0 cm³/mol. The lowest BCUT2D eigenvalue weighted by Gasteiger charge is -2.02. The van der Waals surface area contributed by atoms with Gasteiger partial charge >= 0.3 is 0 Å². The van der Waals surface area contributed by atoms with Crippen molar-refractivity contribution in [1.29, 1.82) is 0 Å². The van der Waals surface area contributed by atoms with Crippen molar-refractivity contribution >= 4 is 16.5 Å². The van der Waals surface area contributed by atoms with Crippen LogP contribution in [0.3, 0.4) is 0 Å². The van der Waals surface area contributed by atoms with E-state index in [1.807, 2.05) is 12.1 Å². The standard InChI is InChI=1S/C9H10N4OS/c1-14-8-3-2-7(4-10-8)5-11-9-13-12-6-15-9/h2-4,6H,5H2,1H3,(H,11,13). The fraction of sp³-hybridized carbons (Fsp3) is 0.222.